The van der Waals surface area contributed by atoms with Crippen LogP contribution in [0.5, 0.6) is 11.9 Å². The standard InChI is InChI=1S/C29H34N8O4/c1-16-10-36(11-17(2)31-16)22-6-5-20(26(38)33-23-13-37-12-18(3)32-25(37)27(34-23)39-4)24-21(22)9-30-28(35-24)40-15-29-7-19(8-29)14-41-29/h5-6,9,12-13,16-17,19,31H,7-8,10-11,14-15H2,1-4H3,(H,33,38)/t16-,17+,19?,29?. The van der Waals surface area contributed by atoms with Crippen molar-refractivity contribution in [1.29, 1.82) is 0 Å². The van der Waals surface area contributed by atoms with Crippen LogP contribution in [0.4, 0.5) is 11.5 Å². The highest BCUT2D eigenvalue weighted by atomic mass is 16.6. The number of anilines is 2. The molecular formula is C29H34N8O4. The lowest BCUT2D eigenvalue weighted by atomic mass is 9.75. The van der Waals surface area contributed by atoms with Crippen LogP contribution in [0.15, 0.2) is 30.7 Å². The number of amides is 1. The molecule has 3 aliphatic heterocycles. The van der Waals surface area contributed by atoms with Gasteiger partial charge >= 0.3 is 6.01 Å². The summed E-state index contributed by atoms with van der Waals surface area (Å²) in [5, 5.41) is 7.29. The number of hydrogen-bond donors (Lipinski definition) is 2. The summed E-state index contributed by atoms with van der Waals surface area (Å²) in [6, 6.07) is 4.66. The van der Waals surface area contributed by atoms with E-state index in [9.17, 15) is 4.79 Å². The van der Waals surface area contributed by atoms with E-state index in [1.807, 2.05) is 25.3 Å². The number of methoxy groups -OCH3 is 1. The number of carbonyl (C=O) groups is 1. The maximum absolute atomic E-state index is 13.7. The maximum Gasteiger partial charge on any atom is 0.317 e. The topological polar surface area (TPSA) is 128 Å². The highest BCUT2D eigenvalue weighted by Crippen LogP contribution is 2.48. The van der Waals surface area contributed by atoms with Gasteiger partial charge in [-0.05, 0) is 51.7 Å². The van der Waals surface area contributed by atoms with E-state index in [1.165, 1.54) is 7.11 Å². The van der Waals surface area contributed by atoms with Gasteiger partial charge in [-0.15, -0.1) is 0 Å². The molecule has 2 atom stereocenters. The molecule has 2 N–H and O–H groups in total. The minimum atomic E-state index is -0.349. The number of aryl methyl sites for hydroxylation is 1. The van der Waals surface area contributed by atoms with Crippen LogP contribution in [-0.2, 0) is 4.74 Å². The summed E-state index contributed by atoms with van der Waals surface area (Å²) < 4.78 is 19.2. The Morgan fingerprint density at radius 3 is 2.71 bits per heavy atom. The Labute approximate surface area is 237 Å². The van der Waals surface area contributed by atoms with Crippen molar-refractivity contribution in [1.82, 2.24) is 29.7 Å². The SMILES string of the molecule is COc1nc(NC(=O)c2ccc(N3C[C@@H](C)N[C@@H](C)C3)c3cnc(OCC45CC(CO4)C5)nc23)cn2cc(C)nc12. The van der Waals surface area contributed by atoms with Gasteiger partial charge in [-0.25, -0.2) is 9.97 Å². The molecule has 1 aromatic carbocycles. The average Bonchev–Trinajstić information content (AvgIpc) is 3.64. The van der Waals surface area contributed by atoms with E-state index in [0.717, 1.165) is 49.3 Å². The van der Waals surface area contributed by atoms with Gasteiger partial charge in [-0.2, -0.15) is 9.97 Å². The van der Waals surface area contributed by atoms with Crippen LogP contribution >= 0.6 is 0 Å². The zero-order valence-electron chi connectivity index (χ0n) is 23.7. The summed E-state index contributed by atoms with van der Waals surface area (Å²) in [6.07, 6.45) is 7.35. The average molecular weight is 559 g/mol. The van der Waals surface area contributed by atoms with Gasteiger partial charge in [0.05, 0.1) is 36.7 Å². The molecule has 6 heterocycles. The van der Waals surface area contributed by atoms with E-state index in [2.05, 4.69) is 44.3 Å². The maximum atomic E-state index is 13.7. The largest absolute Gasteiger partial charge is 0.478 e. The molecular weight excluding hydrogens is 524 g/mol. The molecule has 12 nitrogen and oxygen atoms in total. The van der Waals surface area contributed by atoms with Crippen molar-refractivity contribution in [2.75, 3.05) is 43.6 Å². The molecule has 3 saturated heterocycles. The molecule has 1 aliphatic carbocycles. The number of fused-ring (bicyclic) bond motifs is 3. The fraction of sp³-hybridized carbons (Fsp3) is 0.483. The predicted molar refractivity (Wildman–Crippen MR) is 153 cm³/mol. The number of aromatic nitrogens is 5. The Balaban J connectivity index is 1.24. The number of nitrogens with zero attached hydrogens (tertiary/aromatic N) is 6. The number of piperazine rings is 1. The molecule has 41 heavy (non-hydrogen) atoms. The van der Waals surface area contributed by atoms with Crippen molar-refractivity contribution in [3.05, 3.63) is 42.0 Å². The first kappa shape index (κ1) is 25.9. The zero-order chi connectivity index (χ0) is 28.3. The van der Waals surface area contributed by atoms with Crippen molar-refractivity contribution in [2.24, 2.45) is 5.92 Å². The van der Waals surface area contributed by atoms with Crippen LogP contribution in [-0.4, -0.2) is 81.3 Å². The lowest BCUT2D eigenvalue weighted by Crippen LogP contribution is -2.54. The summed E-state index contributed by atoms with van der Waals surface area (Å²) in [5.74, 6) is 0.943. The summed E-state index contributed by atoms with van der Waals surface area (Å²) in [6.45, 7) is 9.09. The third-order valence-electron chi connectivity index (χ3n) is 8.22. The van der Waals surface area contributed by atoms with Crippen LogP contribution in [0.1, 0.15) is 42.7 Å². The van der Waals surface area contributed by atoms with Crippen LogP contribution < -0.4 is 25.0 Å². The number of carbonyl (C=O) groups excluding carboxylic acids is 1. The molecule has 12 heteroatoms. The van der Waals surface area contributed by atoms with Gasteiger partial charge < -0.3 is 29.7 Å². The van der Waals surface area contributed by atoms with Crippen LogP contribution in [0.3, 0.4) is 0 Å². The van der Waals surface area contributed by atoms with Gasteiger partial charge in [-0.1, -0.05) is 0 Å². The number of hydrogen-bond acceptors (Lipinski definition) is 10. The lowest BCUT2D eigenvalue weighted by molar-refractivity contribution is -0.0379. The minimum Gasteiger partial charge on any atom is -0.478 e. The molecule has 2 bridgehead atoms. The number of rotatable bonds is 7. The second-order valence-corrected chi connectivity index (χ2v) is 11.7. The fourth-order valence-electron chi connectivity index (χ4n) is 6.49. The number of nitrogens with one attached hydrogen (secondary N) is 2. The van der Waals surface area contributed by atoms with Crippen molar-refractivity contribution in [2.45, 2.75) is 51.3 Å². The molecule has 4 aromatic rings. The van der Waals surface area contributed by atoms with E-state index in [-0.39, 0.29) is 17.5 Å². The molecule has 0 radical (unpaired) electrons. The summed E-state index contributed by atoms with van der Waals surface area (Å²) >= 11 is 0. The molecule has 8 rings (SSSR count). The second kappa shape index (κ2) is 9.81. The van der Waals surface area contributed by atoms with E-state index in [1.54, 1.807) is 16.8 Å². The van der Waals surface area contributed by atoms with Gasteiger partial charge in [-0.3, -0.25) is 9.20 Å². The highest BCUT2D eigenvalue weighted by Gasteiger charge is 2.52. The molecule has 4 fully saturated rings. The van der Waals surface area contributed by atoms with Crippen molar-refractivity contribution >= 4 is 34.0 Å². The Kier molecular flexibility index (Phi) is 6.20. The molecule has 0 spiro atoms. The van der Waals surface area contributed by atoms with Crippen LogP contribution in [0, 0.1) is 12.8 Å². The second-order valence-electron chi connectivity index (χ2n) is 11.7. The Hall–Kier alpha value is -4.03. The van der Waals surface area contributed by atoms with Gasteiger partial charge in [0, 0.05) is 48.6 Å². The van der Waals surface area contributed by atoms with Crippen LogP contribution in [0.25, 0.3) is 16.6 Å². The quantitative estimate of drug-likeness (QED) is 0.349. The van der Waals surface area contributed by atoms with E-state index >= 15 is 0 Å². The fourth-order valence-corrected chi connectivity index (χ4v) is 6.49. The third kappa shape index (κ3) is 4.70. The van der Waals surface area contributed by atoms with Gasteiger partial charge in [0.1, 0.15) is 12.2 Å². The minimum absolute atomic E-state index is 0.229. The number of ether oxygens (including phenoxy) is 3. The molecule has 1 saturated carbocycles. The van der Waals surface area contributed by atoms with Gasteiger partial charge in [0.15, 0.2) is 5.82 Å². The first-order valence-electron chi connectivity index (χ1n) is 14.1. The van der Waals surface area contributed by atoms with E-state index in [4.69, 9.17) is 19.2 Å². The molecule has 3 aromatic heterocycles. The normalized spacial score (nSPS) is 25.4. The first-order chi connectivity index (χ1) is 19.8. The molecule has 0 unspecified atom stereocenters. The Morgan fingerprint density at radius 1 is 1.17 bits per heavy atom. The van der Waals surface area contributed by atoms with E-state index in [0.29, 0.717) is 53.0 Å². The summed E-state index contributed by atoms with van der Waals surface area (Å²) in [4.78, 5) is 34.3. The Bertz CT molecular complexity index is 1630. The first-order valence-corrected chi connectivity index (χ1v) is 14.1. The van der Waals surface area contributed by atoms with Crippen molar-refractivity contribution < 1.29 is 19.0 Å². The number of benzene rings is 1. The monoisotopic (exact) mass is 558 g/mol. The lowest BCUT2D eigenvalue weighted by Gasteiger charge is -2.38. The van der Waals surface area contributed by atoms with Crippen LogP contribution in [0.2, 0.25) is 0 Å². The van der Waals surface area contributed by atoms with Crippen molar-refractivity contribution in [3.63, 3.8) is 0 Å². The number of imidazole rings is 1. The Morgan fingerprint density at radius 2 is 1.98 bits per heavy atom. The van der Waals surface area contributed by atoms with Gasteiger partial charge in [0.25, 0.3) is 11.8 Å². The van der Waals surface area contributed by atoms with Gasteiger partial charge in [0.2, 0.25) is 5.65 Å². The summed E-state index contributed by atoms with van der Waals surface area (Å²) in [5.41, 5.74) is 3.07. The van der Waals surface area contributed by atoms with E-state index < -0.39 is 0 Å². The summed E-state index contributed by atoms with van der Waals surface area (Å²) in [7, 11) is 1.53. The van der Waals surface area contributed by atoms with Crippen molar-refractivity contribution in [3.8, 4) is 11.9 Å². The predicted octanol–water partition coefficient (Wildman–Crippen LogP) is 2.99. The molecule has 214 valence electrons. The third-order valence-corrected chi connectivity index (χ3v) is 8.22. The molecule has 4 aliphatic rings. The smallest absolute Gasteiger partial charge is 0.317 e. The zero-order valence-corrected chi connectivity index (χ0v) is 23.7. The molecule has 1 amide bonds. The highest BCUT2D eigenvalue weighted by molar-refractivity contribution is 6.13.